The van der Waals surface area contributed by atoms with E-state index in [9.17, 15) is 14.4 Å². The first-order valence-electron chi connectivity index (χ1n) is 10.5. The van der Waals surface area contributed by atoms with Crippen LogP contribution in [0.5, 0.6) is 0 Å². The molecule has 0 aromatic heterocycles. The normalized spacial score (nSPS) is 13.3. The topological polar surface area (TPSA) is 143 Å². The van der Waals surface area contributed by atoms with Gasteiger partial charge in [-0.2, -0.15) is 0 Å². The molecule has 31 heavy (non-hydrogen) atoms. The molecule has 1 rings (SSSR count). The fourth-order valence-electron chi connectivity index (χ4n) is 2.74. The number of amides is 3. The molecule has 3 amide bonds. The quantitative estimate of drug-likeness (QED) is 0.379. The zero-order valence-electron chi connectivity index (χ0n) is 19.0. The fourth-order valence-corrected chi connectivity index (χ4v) is 2.74. The molecule has 9 nitrogen and oxygen atoms in total. The van der Waals surface area contributed by atoms with Crippen molar-refractivity contribution in [2.75, 3.05) is 11.9 Å². The number of carbonyl (C=O) groups is 3. The molecule has 0 saturated heterocycles. The maximum Gasteiger partial charge on any atom is 0.408 e. The van der Waals surface area contributed by atoms with E-state index in [1.807, 2.05) is 0 Å². The number of ether oxygens (including phenoxy) is 1. The van der Waals surface area contributed by atoms with E-state index < -0.39 is 35.6 Å². The van der Waals surface area contributed by atoms with Crippen LogP contribution in [-0.4, -0.2) is 47.2 Å². The van der Waals surface area contributed by atoms with Crippen LogP contribution in [0, 0.1) is 5.92 Å². The Morgan fingerprint density at radius 3 is 2.16 bits per heavy atom. The Morgan fingerprint density at radius 2 is 1.68 bits per heavy atom. The summed E-state index contributed by atoms with van der Waals surface area (Å²) in [6, 6.07) is 5.05. The number of nitrogens with one attached hydrogen (secondary N) is 3. The van der Waals surface area contributed by atoms with Crippen molar-refractivity contribution in [3.63, 3.8) is 0 Å². The molecule has 0 aliphatic carbocycles. The number of carbonyl (C=O) groups excluding carboxylic acids is 3. The molecule has 0 radical (unpaired) electrons. The summed E-state index contributed by atoms with van der Waals surface area (Å²) in [4.78, 5) is 37.8. The molecule has 0 spiro atoms. The molecule has 0 bridgehead atoms. The average Bonchev–Trinajstić information content (AvgIpc) is 2.68. The van der Waals surface area contributed by atoms with Crippen LogP contribution in [0.3, 0.4) is 0 Å². The monoisotopic (exact) mass is 436 g/mol. The predicted molar refractivity (Wildman–Crippen MR) is 119 cm³/mol. The van der Waals surface area contributed by atoms with Gasteiger partial charge < -0.3 is 31.5 Å². The fraction of sp³-hybridized carbons (Fsp3) is 0.591. The van der Waals surface area contributed by atoms with Gasteiger partial charge in [-0.25, -0.2) is 4.79 Å². The minimum atomic E-state index is -0.869. The van der Waals surface area contributed by atoms with Crippen molar-refractivity contribution in [1.29, 1.82) is 0 Å². The number of aliphatic hydroxyl groups excluding tert-OH is 1. The zero-order valence-corrected chi connectivity index (χ0v) is 19.0. The first-order valence-corrected chi connectivity index (χ1v) is 10.5. The summed E-state index contributed by atoms with van der Waals surface area (Å²) >= 11 is 0. The second-order valence-corrected chi connectivity index (χ2v) is 8.70. The van der Waals surface area contributed by atoms with Gasteiger partial charge >= 0.3 is 6.09 Å². The van der Waals surface area contributed by atoms with Crippen LogP contribution in [0.1, 0.15) is 53.0 Å². The molecule has 0 heterocycles. The van der Waals surface area contributed by atoms with Gasteiger partial charge in [0.2, 0.25) is 11.8 Å². The highest BCUT2D eigenvalue weighted by atomic mass is 16.6. The van der Waals surface area contributed by atoms with Gasteiger partial charge in [0.05, 0.1) is 6.61 Å². The van der Waals surface area contributed by atoms with Gasteiger partial charge in [0.1, 0.15) is 17.7 Å². The summed E-state index contributed by atoms with van der Waals surface area (Å²) in [7, 11) is 0. The van der Waals surface area contributed by atoms with Crippen LogP contribution in [0.25, 0.3) is 0 Å². The first kappa shape index (κ1) is 26.4. The van der Waals surface area contributed by atoms with E-state index >= 15 is 0 Å². The number of rotatable bonds is 10. The molecule has 0 unspecified atom stereocenters. The molecule has 0 aliphatic heterocycles. The third-order valence-corrected chi connectivity index (χ3v) is 4.36. The second kappa shape index (κ2) is 12.3. The smallest absolute Gasteiger partial charge is 0.408 e. The summed E-state index contributed by atoms with van der Waals surface area (Å²) in [5, 5.41) is 17.2. The Bertz CT molecular complexity index is 728. The van der Waals surface area contributed by atoms with Gasteiger partial charge in [-0.15, -0.1) is 0 Å². The van der Waals surface area contributed by atoms with Gasteiger partial charge in [0.25, 0.3) is 0 Å². The van der Waals surface area contributed by atoms with Crippen LogP contribution in [-0.2, 0) is 20.9 Å². The maximum atomic E-state index is 12.9. The van der Waals surface area contributed by atoms with E-state index in [0.29, 0.717) is 25.1 Å². The van der Waals surface area contributed by atoms with Crippen molar-refractivity contribution in [3.8, 4) is 0 Å². The molecule has 6 N–H and O–H groups in total. The van der Waals surface area contributed by atoms with Crippen LogP contribution in [0.4, 0.5) is 10.5 Å². The Hall–Kier alpha value is -2.65. The van der Waals surface area contributed by atoms with E-state index in [1.54, 1.807) is 58.9 Å². The second-order valence-electron chi connectivity index (χ2n) is 8.70. The van der Waals surface area contributed by atoms with Crippen molar-refractivity contribution in [2.24, 2.45) is 11.7 Å². The molecular formula is C22H36N4O5. The summed E-state index contributed by atoms with van der Waals surface area (Å²) in [6.45, 7) is 9.06. The minimum Gasteiger partial charge on any atom is -0.444 e. The summed E-state index contributed by atoms with van der Waals surface area (Å²) < 4.78 is 5.24. The van der Waals surface area contributed by atoms with Gasteiger partial charge in [-0.05, 0) is 63.8 Å². The van der Waals surface area contributed by atoms with E-state index in [-0.39, 0.29) is 12.5 Å². The van der Waals surface area contributed by atoms with E-state index in [2.05, 4.69) is 16.0 Å². The highest BCUT2D eigenvalue weighted by Crippen LogP contribution is 2.12. The predicted octanol–water partition coefficient (Wildman–Crippen LogP) is 1.89. The molecule has 2 atom stereocenters. The largest absolute Gasteiger partial charge is 0.444 e. The number of aliphatic hydroxyl groups is 1. The van der Waals surface area contributed by atoms with Crippen molar-refractivity contribution in [3.05, 3.63) is 29.8 Å². The number of nitrogens with two attached hydrogens (primary N) is 1. The molecule has 0 aliphatic rings. The summed E-state index contributed by atoms with van der Waals surface area (Å²) in [5.41, 5.74) is 6.15. The Balaban J connectivity index is 2.87. The van der Waals surface area contributed by atoms with Crippen LogP contribution < -0.4 is 21.7 Å². The Kier molecular flexibility index (Phi) is 10.4. The van der Waals surface area contributed by atoms with Crippen LogP contribution in [0.15, 0.2) is 24.3 Å². The molecule has 1 aromatic rings. The summed E-state index contributed by atoms with van der Waals surface area (Å²) in [6.07, 6.45) is 0.182. The number of hydrogen-bond acceptors (Lipinski definition) is 6. The lowest BCUT2D eigenvalue weighted by Crippen LogP contribution is -2.55. The van der Waals surface area contributed by atoms with Crippen LogP contribution in [0.2, 0.25) is 0 Å². The Labute approximate surface area is 184 Å². The van der Waals surface area contributed by atoms with Crippen molar-refractivity contribution in [2.45, 2.75) is 71.8 Å². The SMILES string of the molecule is CC(C)[C@H](NC(=O)OC(C)(C)C)C(=O)N[C@@H](CCCN)C(=O)Nc1ccc(CO)cc1. The average molecular weight is 437 g/mol. The lowest BCUT2D eigenvalue weighted by Gasteiger charge is -2.27. The van der Waals surface area contributed by atoms with Gasteiger partial charge in [-0.3, -0.25) is 9.59 Å². The highest BCUT2D eigenvalue weighted by Gasteiger charge is 2.30. The number of benzene rings is 1. The zero-order chi connectivity index (χ0) is 23.6. The van der Waals surface area contributed by atoms with Gasteiger partial charge in [0, 0.05) is 5.69 Å². The summed E-state index contributed by atoms with van der Waals surface area (Å²) in [5.74, 6) is -1.09. The lowest BCUT2D eigenvalue weighted by molar-refractivity contribution is -0.128. The molecule has 174 valence electrons. The van der Waals surface area contributed by atoms with E-state index in [4.69, 9.17) is 15.6 Å². The molecular weight excluding hydrogens is 400 g/mol. The van der Waals surface area contributed by atoms with E-state index in [0.717, 1.165) is 5.56 Å². The number of anilines is 1. The standard InChI is InChI=1S/C22H36N4O5/c1-14(2)18(26-21(30)31-22(3,4)5)20(29)25-17(7-6-12-23)19(28)24-16-10-8-15(13-27)9-11-16/h8-11,14,17-18,27H,6-7,12-13,23H2,1-5H3,(H,24,28)(H,25,29)(H,26,30)/t17-,18-/m0/s1. The third-order valence-electron chi connectivity index (χ3n) is 4.36. The third kappa shape index (κ3) is 9.80. The first-order chi connectivity index (χ1) is 14.5. The van der Waals surface area contributed by atoms with Gasteiger partial charge in [0.15, 0.2) is 0 Å². The highest BCUT2D eigenvalue weighted by molar-refractivity contribution is 5.98. The molecule has 1 aromatic carbocycles. The minimum absolute atomic E-state index is 0.0926. The lowest BCUT2D eigenvalue weighted by atomic mass is 10.0. The Morgan fingerprint density at radius 1 is 1.06 bits per heavy atom. The van der Waals surface area contributed by atoms with Crippen molar-refractivity contribution >= 4 is 23.6 Å². The van der Waals surface area contributed by atoms with Gasteiger partial charge in [-0.1, -0.05) is 26.0 Å². The van der Waals surface area contributed by atoms with Crippen molar-refractivity contribution < 1.29 is 24.2 Å². The number of hydrogen-bond donors (Lipinski definition) is 5. The van der Waals surface area contributed by atoms with E-state index in [1.165, 1.54) is 0 Å². The molecule has 0 fully saturated rings. The number of alkyl carbamates (subject to hydrolysis) is 1. The molecule has 0 saturated carbocycles. The van der Waals surface area contributed by atoms with Crippen molar-refractivity contribution in [1.82, 2.24) is 10.6 Å². The molecule has 9 heteroatoms. The van der Waals surface area contributed by atoms with Crippen LogP contribution >= 0.6 is 0 Å². The maximum absolute atomic E-state index is 12.9.